The van der Waals surface area contributed by atoms with Gasteiger partial charge >= 0.3 is 5.97 Å². The first-order chi connectivity index (χ1) is 12.4. The van der Waals surface area contributed by atoms with E-state index in [0.29, 0.717) is 12.2 Å². The molecule has 2 N–H and O–H groups in total. The lowest BCUT2D eigenvalue weighted by Crippen LogP contribution is -2.35. The van der Waals surface area contributed by atoms with Crippen LogP contribution in [-0.4, -0.2) is 17.6 Å². The molecule has 0 spiro atoms. The van der Waals surface area contributed by atoms with Crippen LogP contribution in [0.2, 0.25) is 0 Å². The number of benzene rings is 1. The number of esters is 1. The van der Waals surface area contributed by atoms with Crippen molar-refractivity contribution in [2.45, 2.75) is 26.3 Å². The second-order valence-electron chi connectivity index (χ2n) is 5.94. The zero-order valence-corrected chi connectivity index (χ0v) is 14.7. The van der Waals surface area contributed by atoms with Gasteiger partial charge in [-0.25, -0.2) is 9.18 Å². The Balaban J connectivity index is 2.39. The maximum atomic E-state index is 14.6. The summed E-state index contributed by atoms with van der Waals surface area (Å²) in [7, 11) is 1.19. The number of rotatable bonds is 3. The average molecular weight is 358 g/mol. The first kappa shape index (κ1) is 17.7. The molecular weight excluding hydrogens is 339 g/mol. The lowest BCUT2D eigenvalue weighted by molar-refractivity contribution is -0.136. The van der Waals surface area contributed by atoms with E-state index in [0.717, 1.165) is 0 Å². The van der Waals surface area contributed by atoms with E-state index in [9.17, 15) is 14.0 Å². The summed E-state index contributed by atoms with van der Waals surface area (Å²) in [6.07, 6.45) is 0. The zero-order valence-electron chi connectivity index (χ0n) is 14.7. The van der Waals surface area contributed by atoms with Gasteiger partial charge < -0.3 is 19.8 Å². The number of nitrogens with zero attached hydrogens (tertiary/aromatic N) is 1. The van der Waals surface area contributed by atoms with Gasteiger partial charge in [-0.1, -0.05) is 18.2 Å². The Labute approximate surface area is 149 Å². The maximum absolute atomic E-state index is 14.6. The van der Waals surface area contributed by atoms with Crippen LogP contribution in [0, 0.1) is 12.7 Å². The SMILES string of the molecule is CCn1c(C)cc2c(c1=O)C(c1ccccc1F)C(C(=O)OC)=C(N)O2. The fourth-order valence-corrected chi connectivity index (χ4v) is 3.31. The van der Waals surface area contributed by atoms with Gasteiger partial charge in [0.15, 0.2) is 0 Å². The number of pyridine rings is 1. The third-order valence-corrected chi connectivity index (χ3v) is 4.51. The van der Waals surface area contributed by atoms with Crippen LogP contribution in [0.5, 0.6) is 5.75 Å². The van der Waals surface area contributed by atoms with Crippen molar-refractivity contribution >= 4 is 5.97 Å². The molecule has 0 amide bonds. The van der Waals surface area contributed by atoms with Crippen LogP contribution < -0.4 is 16.0 Å². The third kappa shape index (κ3) is 2.65. The van der Waals surface area contributed by atoms with Crippen LogP contribution in [-0.2, 0) is 16.1 Å². The predicted octanol–water partition coefficient (Wildman–Crippen LogP) is 2.18. The number of ether oxygens (including phenoxy) is 2. The molecule has 0 saturated heterocycles. The van der Waals surface area contributed by atoms with Crippen LogP contribution in [0.3, 0.4) is 0 Å². The van der Waals surface area contributed by atoms with E-state index < -0.39 is 17.7 Å². The van der Waals surface area contributed by atoms with Crippen molar-refractivity contribution in [3.05, 3.63) is 74.8 Å². The van der Waals surface area contributed by atoms with Crippen LogP contribution >= 0.6 is 0 Å². The molecule has 6 nitrogen and oxygen atoms in total. The second kappa shape index (κ2) is 6.67. The fourth-order valence-electron chi connectivity index (χ4n) is 3.31. The Morgan fingerprint density at radius 2 is 2.08 bits per heavy atom. The van der Waals surface area contributed by atoms with E-state index in [1.807, 2.05) is 6.92 Å². The van der Waals surface area contributed by atoms with Crippen LogP contribution in [0.1, 0.15) is 29.7 Å². The van der Waals surface area contributed by atoms with E-state index >= 15 is 0 Å². The molecule has 0 fully saturated rings. The number of methoxy groups -OCH3 is 1. The summed E-state index contributed by atoms with van der Waals surface area (Å²) in [5.74, 6) is -2.33. The highest BCUT2D eigenvalue weighted by Gasteiger charge is 2.39. The molecule has 1 aliphatic rings. The number of carbonyl (C=O) groups excluding carboxylic acids is 1. The first-order valence-corrected chi connectivity index (χ1v) is 8.15. The molecule has 1 atom stereocenters. The summed E-state index contributed by atoms with van der Waals surface area (Å²) >= 11 is 0. The lowest BCUT2D eigenvalue weighted by atomic mass is 9.83. The molecule has 136 valence electrons. The second-order valence-corrected chi connectivity index (χ2v) is 5.94. The number of aryl methyl sites for hydroxylation is 1. The van der Waals surface area contributed by atoms with Gasteiger partial charge in [-0.05, 0) is 19.9 Å². The quantitative estimate of drug-likeness (QED) is 0.851. The monoisotopic (exact) mass is 358 g/mol. The highest BCUT2D eigenvalue weighted by Crippen LogP contribution is 2.41. The molecule has 26 heavy (non-hydrogen) atoms. The predicted molar refractivity (Wildman–Crippen MR) is 93.2 cm³/mol. The van der Waals surface area contributed by atoms with E-state index in [2.05, 4.69) is 0 Å². The highest BCUT2D eigenvalue weighted by atomic mass is 19.1. The summed E-state index contributed by atoms with van der Waals surface area (Å²) in [5.41, 5.74) is 6.50. The van der Waals surface area contributed by atoms with Crippen molar-refractivity contribution in [2.24, 2.45) is 5.73 Å². The first-order valence-electron chi connectivity index (χ1n) is 8.15. The van der Waals surface area contributed by atoms with Crippen molar-refractivity contribution in [3.8, 4) is 5.75 Å². The summed E-state index contributed by atoms with van der Waals surface area (Å²) in [5, 5.41) is 0. The van der Waals surface area contributed by atoms with Gasteiger partial charge in [0.05, 0.1) is 18.6 Å². The molecule has 7 heteroatoms. The number of carbonyl (C=O) groups is 1. The minimum atomic E-state index is -1.02. The van der Waals surface area contributed by atoms with Gasteiger partial charge in [0.2, 0.25) is 5.88 Å². The van der Waals surface area contributed by atoms with Crippen molar-refractivity contribution in [3.63, 3.8) is 0 Å². The standard InChI is InChI=1S/C19H19FN2O4/c1-4-22-10(2)9-13-15(18(22)23)14(11-7-5-6-8-12(11)20)16(17(21)26-13)19(24)25-3/h5-9,14H,4,21H2,1-3H3. The van der Waals surface area contributed by atoms with Crippen molar-refractivity contribution < 1.29 is 18.7 Å². The maximum Gasteiger partial charge on any atom is 0.340 e. The number of fused-ring (bicyclic) bond motifs is 1. The molecule has 0 aliphatic carbocycles. The molecule has 0 radical (unpaired) electrons. The number of hydrogen-bond acceptors (Lipinski definition) is 5. The molecule has 1 aliphatic heterocycles. The minimum absolute atomic E-state index is 0.0892. The van der Waals surface area contributed by atoms with Crippen LogP contribution in [0.15, 0.2) is 46.6 Å². The van der Waals surface area contributed by atoms with Crippen LogP contribution in [0.4, 0.5) is 4.39 Å². The average Bonchev–Trinajstić information content (AvgIpc) is 2.60. The number of halogens is 1. The van der Waals surface area contributed by atoms with Gasteiger partial charge in [-0.15, -0.1) is 0 Å². The highest BCUT2D eigenvalue weighted by molar-refractivity contribution is 5.92. The topological polar surface area (TPSA) is 83.5 Å². The smallest absolute Gasteiger partial charge is 0.340 e. The molecule has 1 aromatic heterocycles. The normalized spacial score (nSPS) is 16.1. The molecule has 2 heterocycles. The molecule has 1 unspecified atom stereocenters. The van der Waals surface area contributed by atoms with Gasteiger partial charge in [0.1, 0.15) is 17.1 Å². The Morgan fingerprint density at radius 3 is 2.69 bits per heavy atom. The largest absolute Gasteiger partial charge is 0.465 e. The fraction of sp³-hybridized carbons (Fsp3) is 0.263. The van der Waals surface area contributed by atoms with Gasteiger partial charge in [0, 0.05) is 23.9 Å². The molecule has 0 saturated carbocycles. The Kier molecular flexibility index (Phi) is 4.54. The molecule has 3 rings (SSSR count). The van der Waals surface area contributed by atoms with E-state index in [4.69, 9.17) is 15.2 Å². The van der Waals surface area contributed by atoms with Crippen molar-refractivity contribution in [1.29, 1.82) is 0 Å². The number of hydrogen-bond donors (Lipinski definition) is 1. The van der Waals surface area contributed by atoms with E-state index in [1.54, 1.807) is 19.1 Å². The summed E-state index contributed by atoms with van der Waals surface area (Å²) in [6.45, 7) is 4.02. The summed E-state index contributed by atoms with van der Waals surface area (Å²) in [6, 6.07) is 7.60. The molecule has 2 aromatic rings. The number of aromatic nitrogens is 1. The lowest BCUT2D eigenvalue weighted by Gasteiger charge is -2.29. The summed E-state index contributed by atoms with van der Waals surface area (Å²) in [4.78, 5) is 25.4. The van der Waals surface area contributed by atoms with Crippen LogP contribution in [0.25, 0.3) is 0 Å². The van der Waals surface area contributed by atoms with Gasteiger partial charge in [0.25, 0.3) is 5.56 Å². The Morgan fingerprint density at radius 1 is 1.38 bits per heavy atom. The van der Waals surface area contributed by atoms with Gasteiger partial charge in [-0.2, -0.15) is 0 Å². The molecule has 0 bridgehead atoms. The van der Waals surface area contributed by atoms with Crippen molar-refractivity contribution in [2.75, 3.05) is 7.11 Å². The number of nitrogens with two attached hydrogens (primary N) is 1. The summed E-state index contributed by atoms with van der Waals surface area (Å²) < 4.78 is 26.4. The molecular formula is C19H19FN2O4. The van der Waals surface area contributed by atoms with E-state index in [1.165, 1.54) is 29.9 Å². The third-order valence-electron chi connectivity index (χ3n) is 4.51. The van der Waals surface area contributed by atoms with Gasteiger partial charge in [-0.3, -0.25) is 4.79 Å². The molecule has 1 aromatic carbocycles. The van der Waals surface area contributed by atoms with E-state index in [-0.39, 0.29) is 33.9 Å². The Bertz CT molecular complexity index is 978. The van der Waals surface area contributed by atoms with Crippen molar-refractivity contribution in [1.82, 2.24) is 4.57 Å². The minimum Gasteiger partial charge on any atom is -0.465 e. The Hall–Kier alpha value is -3.09. The zero-order chi connectivity index (χ0) is 19.0.